The number of nitrogens with one attached hydrogen (secondary N) is 1. The van der Waals surface area contributed by atoms with Crippen molar-refractivity contribution in [3.63, 3.8) is 0 Å². The van der Waals surface area contributed by atoms with Gasteiger partial charge in [-0.1, -0.05) is 55.8 Å². The molecule has 1 aliphatic rings. The fraction of sp³-hybridized carbons (Fsp3) is 0.417. The Balaban J connectivity index is 1.98. The fourth-order valence-corrected chi connectivity index (χ4v) is 3.21. The van der Waals surface area contributed by atoms with Crippen LogP contribution in [0.2, 0.25) is 0 Å². The van der Waals surface area contributed by atoms with Crippen LogP contribution in [0.5, 0.6) is 0 Å². The lowest BCUT2D eigenvalue weighted by molar-refractivity contribution is -0.123. The van der Waals surface area contributed by atoms with E-state index in [1.54, 1.807) is 0 Å². The fourth-order valence-electron chi connectivity index (χ4n) is 3.21. The molecule has 1 amide bonds. The summed E-state index contributed by atoms with van der Waals surface area (Å²) in [5, 5.41) is 2.94. The molecule has 1 N–H and O–H groups in total. The van der Waals surface area contributed by atoms with Gasteiger partial charge in [0.2, 0.25) is 5.91 Å². The van der Waals surface area contributed by atoms with Crippen molar-refractivity contribution in [2.75, 3.05) is 13.6 Å². The van der Waals surface area contributed by atoms with Crippen molar-refractivity contribution < 1.29 is 9.59 Å². The lowest BCUT2D eigenvalue weighted by atomic mass is 9.99. The number of hydrogen-bond acceptors (Lipinski definition) is 3. The van der Waals surface area contributed by atoms with Crippen LogP contribution < -0.4 is 5.32 Å². The summed E-state index contributed by atoms with van der Waals surface area (Å²) in [4.78, 5) is 24.5. The number of allylic oxidation sites excluding steroid dienone is 5. The first-order valence-electron chi connectivity index (χ1n) is 10.2. The molecule has 0 saturated carbocycles. The number of rotatable bonds is 10. The Morgan fingerprint density at radius 1 is 1.29 bits per heavy atom. The number of amides is 1. The van der Waals surface area contributed by atoms with Crippen LogP contribution in [0.15, 0.2) is 54.3 Å². The zero-order valence-electron chi connectivity index (χ0n) is 17.3. The van der Waals surface area contributed by atoms with Crippen LogP contribution in [0.3, 0.4) is 0 Å². The summed E-state index contributed by atoms with van der Waals surface area (Å²) in [5.41, 5.74) is 4.80. The summed E-state index contributed by atoms with van der Waals surface area (Å²) in [6.07, 6.45) is 13.3. The van der Waals surface area contributed by atoms with Crippen LogP contribution in [-0.4, -0.2) is 30.7 Å². The Morgan fingerprint density at radius 2 is 2.04 bits per heavy atom. The molecule has 1 aromatic rings. The Hall–Kier alpha value is -2.62. The Kier molecular flexibility index (Phi) is 8.73. The zero-order valence-corrected chi connectivity index (χ0v) is 17.3. The van der Waals surface area contributed by atoms with Crippen molar-refractivity contribution in [1.82, 2.24) is 10.2 Å². The minimum Gasteiger partial charge on any atom is -0.375 e. The summed E-state index contributed by atoms with van der Waals surface area (Å²) in [6.45, 7) is 5.25. The maximum atomic E-state index is 11.8. The molecule has 0 heterocycles. The first-order chi connectivity index (χ1) is 13.5. The van der Waals surface area contributed by atoms with Gasteiger partial charge in [-0.3, -0.25) is 4.79 Å². The van der Waals surface area contributed by atoms with Crippen LogP contribution in [0.1, 0.15) is 63.1 Å². The molecule has 0 bridgehead atoms. The van der Waals surface area contributed by atoms with Gasteiger partial charge in [-0.25, -0.2) is 0 Å². The van der Waals surface area contributed by atoms with E-state index in [-0.39, 0.29) is 24.8 Å². The minimum atomic E-state index is -0.0925. The molecule has 0 saturated heterocycles. The van der Waals surface area contributed by atoms with Gasteiger partial charge in [0.15, 0.2) is 0 Å². The quantitative estimate of drug-likeness (QED) is 0.593. The Labute approximate surface area is 169 Å². The van der Waals surface area contributed by atoms with E-state index in [0.29, 0.717) is 0 Å². The molecule has 0 fully saturated rings. The number of benzene rings is 1. The Bertz CT molecular complexity index is 744. The second kappa shape index (κ2) is 11.3. The second-order valence-corrected chi connectivity index (χ2v) is 7.28. The summed E-state index contributed by atoms with van der Waals surface area (Å²) < 4.78 is 0. The first-order valence-corrected chi connectivity index (χ1v) is 10.2. The third kappa shape index (κ3) is 6.52. The average molecular weight is 381 g/mol. The number of aldehydes is 1. The predicted molar refractivity (Wildman–Crippen MR) is 116 cm³/mol. The van der Waals surface area contributed by atoms with E-state index in [9.17, 15) is 9.59 Å². The molecule has 0 radical (unpaired) electrons. The van der Waals surface area contributed by atoms with Gasteiger partial charge in [0, 0.05) is 32.1 Å². The number of unbranched alkanes of at least 4 members (excludes halogenated alkanes) is 1. The standard InChI is InChI=1S/C24H32N2O2/c1-4-5-17-26(3)23-9-6-8-21(15-16-23)22-13-11-20(12-14-22)19(2)25-24(28)10-7-18-27/h6,8-9,11-14,16,18-19H,4-5,7,10,15,17H2,1-3H3,(H,25,28). The van der Waals surface area contributed by atoms with E-state index in [2.05, 4.69) is 72.8 Å². The lowest BCUT2D eigenvalue weighted by Gasteiger charge is -2.20. The van der Waals surface area contributed by atoms with Gasteiger partial charge in [-0.05, 0) is 42.5 Å². The molecular weight excluding hydrogens is 348 g/mol. The molecule has 4 nitrogen and oxygen atoms in total. The van der Waals surface area contributed by atoms with Gasteiger partial charge in [0.25, 0.3) is 0 Å². The average Bonchev–Trinajstić information content (AvgIpc) is 2.97. The van der Waals surface area contributed by atoms with Crippen molar-refractivity contribution in [3.05, 3.63) is 65.4 Å². The molecule has 0 aliphatic heterocycles. The SMILES string of the molecule is CCCCN(C)C1=CCC(c2ccc(C(C)NC(=O)CCC=O)cc2)=CC=C1. The van der Waals surface area contributed by atoms with Crippen molar-refractivity contribution in [3.8, 4) is 0 Å². The summed E-state index contributed by atoms with van der Waals surface area (Å²) >= 11 is 0. The van der Waals surface area contributed by atoms with E-state index < -0.39 is 0 Å². The van der Waals surface area contributed by atoms with Crippen LogP contribution in [0.25, 0.3) is 5.57 Å². The van der Waals surface area contributed by atoms with E-state index in [0.717, 1.165) is 24.8 Å². The van der Waals surface area contributed by atoms with Crippen molar-refractivity contribution in [2.24, 2.45) is 0 Å². The monoisotopic (exact) mass is 380 g/mol. The topological polar surface area (TPSA) is 49.4 Å². The summed E-state index contributed by atoms with van der Waals surface area (Å²) in [7, 11) is 2.15. The zero-order chi connectivity index (χ0) is 20.4. The first kappa shape index (κ1) is 21.7. The molecule has 4 heteroatoms. The van der Waals surface area contributed by atoms with Crippen molar-refractivity contribution in [2.45, 2.75) is 52.0 Å². The number of hydrogen-bond donors (Lipinski definition) is 1. The molecule has 1 unspecified atom stereocenters. The number of nitrogens with zero attached hydrogens (tertiary/aromatic N) is 1. The van der Waals surface area contributed by atoms with E-state index in [4.69, 9.17) is 0 Å². The largest absolute Gasteiger partial charge is 0.375 e. The molecule has 28 heavy (non-hydrogen) atoms. The van der Waals surface area contributed by atoms with E-state index >= 15 is 0 Å². The minimum absolute atomic E-state index is 0.0741. The third-order valence-electron chi connectivity index (χ3n) is 5.03. The van der Waals surface area contributed by atoms with Gasteiger partial charge >= 0.3 is 0 Å². The van der Waals surface area contributed by atoms with Crippen molar-refractivity contribution in [1.29, 1.82) is 0 Å². The molecule has 1 aromatic carbocycles. The Morgan fingerprint density at radius 3 is 2.71 bits per heavy atom. The highest BCUT2D eigenvalue weighted by Gasteiger charge is 2.11. The maximum absolute atomic E-state index is 11.8. The normalized spacial score (nSPS) is 14.5. The maximum Gasteiger partial charge on any atom is 0.220 e. The summed E-state index contributed by atoms with van der Waals surface area (Å²) in [6, 6.07) is 8.28. The van der Waals surface area contributed by atoms with Gasteiger partial charge in [-0.15, -0.1) is 0 Å². The van der Waals surface area contributed by atoms with E-state index in [1.807, 2.05) is 6.92 Å². The predicted octanol–water partition coefficient (Wildman–Crippen LogP) is 4.80. The molecule has 0 spiro atoms. The van der Waals surface area contributed by atoms with E-state index in [1.165, 1.54) is 29.7 Å². The molecule has 1 aliphatic carbocycles. The second-order valence-electron chi connectivity index (χ2n) is 7.28. The van der Waals surface area contributed by atoms with Gasteiger partial charge in [0.05, 0.1) is 6.04 Å². The third-order valence-corrected chi connectivity index (χ3v) is 5.03. The van der Waals surface area contributed by atoms with Crippen LogP contribution in [0.4, 0.5) is 0 Å². The summed E-state index contributed by atoms with van der Waals surface area (Å²) in [5.74, 6) is -0.0925. The molecule has 150 valence electrons. The van der Waals surface area contributed by atoms with Crippen LogP contribution in [-0.2, 0) is 9.59 Å². The number of carbonyl (C=O) groups is 2. The molecule has 1 atom stereocenters. The highest BCUT2D eigenvalue weighted by atomic mass is 16.1. The highest BCUT2D eigenvalue weighted by Crippen LogP contribution is 2.25. The van der Waals surface area contributed by atoms with Crippen LogP contribution >= 0.6 is 0 Å². The smallest absolute Gasteiger partial charge is 0.220 e. The van der Waals surface area contributed by atoms with Gasteiger partial charge in [0.1, 0.15) is 6.29 Å². The number of carbonyl (C=O) groups excluding carboxylic acids is 2. The van der Waals surface area contributed by atoms with Crippen LogP contribution in [0, 0.1) is 0 Å². The number of likely N-dealkylation sites (N-methyl/N-ethyl adjacent to an activating group) is 1. The van der Waals surface area contributed by atoms with Crippen molar-refractivity contribution >= 4 is 17.8 Å². The molecule has 2 rings (SSSR count). The highest BCUT2D eigenvalue weighted by molar-refractivity contribution is 5.78. The molecule has 0 aromatic heterocycles. The lowest BCUT2D eigenvalue weighted by Crippen LogP contribution is -2.26. The molecular formula is C24H32N2O2. The van der Waals surface area contributed by atoms with Gasteiger partial charge < -0.3 is 15.0 Å². The van der Waals surface area contributed by atoms with Gasteiger partial charge in [-0.2, -0.15) is 0 Å².